The van der Waals surface area contributed by atoms with E-state index >= 15 is 4.39 Å². The first-order valence-electron chi connectivity index (χ1n) is 17.3. The largest absolute Gasteiger partial charge is 0.344 e. The molecular weight excluding hydrogens is 681 g/mol. The van der Waals surface area contributed by atoms with Gasteiger partial charge in [0.15, 0.2) is 0 Å². The Morgan fingerprint density at radius 2 is 1.63 bits per heavy atom. The zero-order valence-corrected chi connectivity index (χ0v) is 30.4. The highest BCUT2D eigenvalue weighted by Crippen LogP contribution is 2.29. The lowest BCUT2D eigenvalue weighted by Crippen LogP contribution is -2.55. The molecule has 2 fully saturated rings. The second-order valence-electron chi connectivity index (χ2n) is 13.4. The molecule has 0 unspecified atom stereocenters. The number of piperazine rings is 1. The van der Waals surface area contributed by atoms with Crippen LogP contribution >= 0.6 is 0 Å². The molecule has 278 valence electrons. The van der Waals surface area contributed by atoms with Gasteiger partial charge in [0, 0.05) is 50.3 Å². The number of amides is 4. The molecule has 51 heavy (non-hydrogen) atoms. The lowest BCUT2D eigenvalue weighted by molar-refractivity contribution is -0.138. The zero-order valence-electron chi connectivity index (χ0n) is 29.5. The van der Waals surface area contributed by atoms with Crippen molar-refractivity contribution in [2.24, 2.45) is 5.92 Å². The molecule has 2 aliphatic rings. The molecule has 4 amide bonds. The number of halogens is 1. The van der Waals surface area contributed by atoms with Gasteiger partial charge < -0.3 is 25.8 Å². The third kappa shape index (κ3) is 11.0. The van der Waals surface area contributed by atoms with Crippen LogP contribution in [0.5, 0.6) is 0 Å². The summed E-state index contributed by atoms with van der Waals surface area (Å²) in [6.45, 7) is 5.84. The number of anilines is 2. The van der Waals surface area contributed by atoms with Gasteiger partial charge in [-0.2, -0.15) is 0 Å². The topological polar surface area (TPSA) is 187 Å². The summed E-state index contributed by atoms with van der Waals surface area (Å²) in [5, 5.41) is 7.97. The Morgan fingerprint density at radius 3 is 2.20 bits per heavy atom. The molecule has 1 aliphatic heterocycles. The van der Waals surface area contributed by atoms with Crippen LogP contribution < -0.4 is 20.7 Å². The number of hydrogen-bond acceptors (Lipinski definition) is 9. The minimum Gasteiger partial charge on any atom is -0.344 e. The molecule has 4 N–H and O–H groups in total. The Morgan fingerprint density at radius 1 is 0.961 bits per heavy atom. The number of rotatable bonds is 13. The van der Waals surface area contributed by atoms with Crippen LogP contribution in [0.15, 0.2) is 36.5 Å². The van der Waals surface area contributed by atoms with Gasteiger partial charge >= 0.3 is 0 Å². The van der Waals surface area contributed by atoms with E-state index in [0.717, 1.165) is 38.1 Å². The number of carbonyl (C=O) groups is 5. The van der Waals surface area contributed by atoms with E-state index in [1.807, 2.05) is 7.05 Å². The van der Waals surface area contributed by atoms with Crippen molar-refractivity contribution in [1.82, 2.24) is 25.4 Å². The molecule has 1 saturated carbocycles. The average Bonchev–Trinajstić information content (AvgIpc) is 3.39. The summed E-state index contributed by atoms with van der Waals surface area (Å²) in [6, 6.07) is 4.61. The van der Waals surface area contributed by atoms with Crippen LogP contribution in [0.4, 0.5) is 15.9 Å². The van der Waals surface area contributed by atoms with Crippen molar-refractivity contribution in [1.29, 1.82) is 0 Å². The maximum absolute atomic E-state index is 15.7. The first-order valence-corrected chi connectivity index (χ1v) is 19.2. The molecule has 1 aromatic carbocycles. The standard InChI is InChI=1S/C35H48FN7O7S/c1-5-29(44)39-30(35(48)43-18-16-42(3)17-19-43)22(2)24-12-14-27(26(36)20-24)38-33(46)31(23-10-8-6-7-9-11-23)40-34(47)32(45)25-13-15-28(37-21-25)41-51(4,49)50/h12-15,20-23,30-31H,5-11,16-19H2,1-4H3,(H,37,41)(H,38,46)(H,39,44)(H,40,47)/t22-,30+,31-/m0/s1. The number of nitrogens with zero attached hydrogens (tertiary/aromatic N) is 3. The van der Waals surface area contributed by atoms with Gasteiger partial charge in [-0.25, -0.2) is 17.8 Å². The van der Waals surface area contributed by atoms with Gasteiger partial charge in [-0.15, -0.1) is 0 Å². The van der Waals surface area contributed by atoms with Crippen molar-refractivity contribution < 1.29 is 36.8 Å². The number of Topliss-reactive ketones (excluding diaryl/α,β-unsaturated/α-hetero) is 1. The number of pyridine rings is 1. The predicted octanol–water partition coefficient (Wildman–Crippen LogP) is 2.64. The van der Waals surface area contributed by atoms with Gasteiger partial charge in [-0.05, 0) is 55.6 Å². The van der Waals surface area contributed by atoms with E-state index in [1.165, 1.54) is 24.3 Å². The smallest absolute Gasteiger partial charge is 0.293 e. The third-order valence-electron chi connectivity index (χ3n) is 9.46. The summed E-state index contributed by atoms with van der Waals surface area (Å²) >= 11 is 0. The molecule has 1 aromatic heterocycles. The number of nitrogens with one attached hydrogen (secondary N) is 4. The highest BCUT2D eigenvalue weighted by atomic mass is 32.2. The highest BCUT2D eigenvalue weighted by molar-refractivity contribution is 7.92. The Hall–Kier alpha value is -4.44. The van der Waals surface area contributed by atoms with Crippen molar-refractivity contribution in [3.63, 3.8) is 0 Å². The van der Waals surface area contributed by atoms with Crippen molar-refractivity contribution in [2.75, 3.05) is 49.5 Å². The third-order valence-corrected chi connectivity index (χ3v) is 10.0. The molecule has 2 aromatic rings. The molecule has 0 radical (unpaired) electrons. The summed E-state index contributed by atoms with van der Waals surface area (Å²) in [5.41, 5.74) is 0.190. The van der Waals surface area contributed by atoms with Gasteiger partial charge in [0.05, 0.1) is 11.9 Å². The van der Waals surface area contributed by atoms with Crippen LogP contribution in [0.25, 0.3) is 0 Å². The minimum absolute atomic E-state index is 0.0320. The van der Waals surface area contributed by atoms with Crippen LogP contribution in [0.1, 0.15) is 80.6 Å². The van der Waals surface area contributed by atoms with Gasteiger partial charge in [0.25, 0.3) is 11.7 Å². The Kier molecular flexibility index (Phi) is 13.6. The highest BCUT2D eigenvalue weighted by Gasteiger charge is 2.35. The normalized spacial score (nSPS) is 17.7. The SMILES string of the molecule is CCC(=O)N[C@@H](C(=O)N1CCN(C)CC1)[C@@H](C)c1ccc(NC(=O)[C@@H](NC(=O)C(=O)c2ccc(NS(C)(=O)=O)nc2)C2CCCCCC2)c(F)c1. The molecule has 2 heterocycles. The maximum atomic E-state index is 15.7. The predicted molar refractivity (Wildman–Crippen MR) is 190 cm³/mol. The first kappa shape index (κ1) is 39.3. The number of hydrogen-bond donors (Lipinski definition) is 4. The number of ketones is 1. The van der Waals surface area contributed by atoms with Crippen molar-refractivity contribution >= 4 is 50.9 Å². The maximum Gasteiger partial charge on any atom is 0.293 e. The van der Waals surface area contributed by atoms with Crippen molar-refractivity contribution in [3.05, 3.63) is 53.5 Å². The zero-order chi connectivity index (χ0) is 37.3. The lowest BCUT2D eigenvalue weighted by Gasteiger charge is -2.36. The molecule has 1 aliphatic carbocycles. The minimum atomic E-state index is -3.60. The number of benzene rings is 1. The molecular formula is C35H48FN7O7S. The molecule has 16 heteroatoms. The van der Waals surface area contributed by atoms with Crippen molar-refractivity contribution in [2.45, 2.75) is 76.8 Å². The fourth-order valence-electron chi connectivity index (χ4n) is 6.38. The molecule has 0 bridgehead atoms. The summed E-state index contributed by atoms with van der Waals surface area (Å²) in [6.07, 6.45) is 6.98. The van der Waals surface area contributed by atoms with Gasteiger partial charge in [-0.1, -0.05) is 45.6 Å². The van der Waals surface area contributed by atoms with E-state index in [2.05, 4.69) is 30.6 Å². The summed E-state index contributed by atoms with van der Waals surface area (Å²) in [5.74, 6) is -4.97. The van der Waals surface area contributed by atoms with Crippen LogP contribution in [0, 0.1) is 11.7 Å². The summed E-state index contributed by atoms with van der Waals surface area (Å²) in [4.78, 5) is 73.6. The Balaban J connectivity index is 1.51. The number of carbonyl (C=O) groups excluding carboxylic acids is 5. The first-order chi connectivity index (χ1) is 24.2. The van der Waals surface area contributed by atoms with Crippen molar-refractivity contribution in [3.8, 4) is 0 Å². The molecule has 0 spiro atoms. The van der Waals surface area contributed by atoms with Gasteiger partial charge in [0.1, 0.15) is 23.7 Å². The number of sulfonamides is 1. The van der Waals surface area contributed by atoms with E-state index in [9.17, 15) is 32.4 Å². The molecule has 3 atom stereocenters. The number of likely N-dealkylation sites (N-methyl/N-ethyl adjacent to an activating group) is 1. The Bertz CT molecular complexity index is 1690. The molecule has 4 rings (SSSR count). The Labute approximate surface area is 298 Å². The van der Waals surface area contributed by atoms with E-state index < -0.39 is 51.4 Å². The van der Waals surface area contributed by atoms with E-state index in [-0.39, 0.29) is 41.2 Å². The fourth-order valence-corrected chi connectivity index (χ4v) is 6.88. The molecule has 14 nitrogen and oxygen atoms in total. The fraction of sp³-hybridized carbons (Fsp3) is 0.543. The van der Waals surface area contributed by atoms with Crippen LogP contribution in [0.2, 0.25) is 0 Å². The van der Waals surface area contributed by atoms with E-state index in [1.54, 1.807) is 24.8 Å². The van der Waals surface area contributed by atoms with E-state index in [4.69, 9.17) is 0 Å². The van der Waals surface area contributed by atoms with E-state index in [0.29, 0.717) is 44.6 Å². The molecule has 1 saturated heterocycles. The monoisotopic (exact) mass is 729 g/mol. The number of aromatic nitrogens is 1. The van der Waals surface area contributed by atoms with Crippen LogP contribution in [-0.4, -0.2) is 104 Å². The van der Waals surface area contributed by atoms with Crippen LogP contribution in [-0.2, 0) is 29.2 Å². The summed E-state index contributed by atoms with van der Waals surface area (Å²) < 4.78 is 40.8. The average molecular weight is 730 g/mol. The quantitative estimate of drug-likeness (QED) is 0.137. The van der Waals surface area contributed by atoms with Gasteiger partial charge in [0.2, 0.25) is 27.7 Å². The van der Waals surface area contributed by atoms with Gasteiger partial charge in [-0.3, -0.25) is 28.7 Å². The second-order valence-corrected chi connectivity index (χ2v) is 15.1. The summed E-state index contributed by atoms with van der Waals surface area (Å²) in [7, 11) is -1.63. The second kappa shape index (κ2) is 17.7. The van der Waals surface area contributed by atoms with Crippen LogP contribution in [0.3, 0.4) is 0 Å². The lowest BCUT2D eigenvalue weighted by atomic mass is 9.90.